The normalized spacial score (nSPS) is 15.9. The average Bonchev–Trinajstić information content (AvgIpc) is 3.16. The molecule has 0 saturated carbocycles. The zero-order valence-corrected chi connectivity index (χ0v) is 19.6. The highest BCUT2D eigenvalue weighted by Crippen LogP contribution is 2.39. The zero-order valence-electron chi connectivity index (χ0n) is 18.0. The summed E-state index contributed by atoms with van der Waals surface area (Å²) >= 11 is 7.58. The van der Waals surface area contributed by atoms with Gasteiger partial charge in [0.05, 0.1) is 5.75 Å². The molecule has 1 fully saturated rings. The van der Waals surface area contributed by atoms with Crippen LogP contribution in [0, 0.1) is 0 Å². The number of rotatable bonds is 6. The topological polar surface area (TPSA) is 49.4 Å². The van der Waals surface area contributed by atoms with E-state index in [0.29, 0.717) is 28.8 Å². The molecule has 0 unspecified atom stereocenters. The van der Waals surface area contributed by atoms with Gasteiger partial charge in [-0.3, -0.25) is 9.59 Å². The van der Waals surface area contributed by atoms with Gasteiger partial charge in [0.15, 0.2) is 0 Å². The molecular formula is C26H25ClN2O2S. The number of nitrogens with zero attached hydrogens (tertiary/aromatic N) is 1. The van der Waals surface area contributed by atoms with Gasteiger partial charge < -0.3 is 10.2 Å². The van der Waals surface area contributed by atoms with Crippen molar-refractivity contribution in [2.75, 3.05) is 11.1 Å². The van der Waals surface area contributed by atoms with Gasteiger partial charge in [0.1, 0.15) is 5.37 Å². The van der Waals surface area contributed by atoms with Crippen molar-refractivity contribution in [3.63, 3.8) is 0 Å². The lowest BCUT2D eigenvalue weighted by Crippen LogP contribution is -2.27. The summed E-state index contributed by atoms with van der Waals surface area (Å²) in [5.41, 5.74) is 4.64. The molecule has 1 N–H and O–H groups in total. The number of carbonyl (C=O) groups excluding carboxylic acids is 2. The number of halogens is 1. The van der Waals surface area contributed by atoms with E-state index in [0.717, 1.165) is 16.8 Å². The molecule has 6 heteroatoms. The highest BCUT2D eigenvalue weighted by Gasteiger charge is 2.32. The van der Waals surface area contributed by atoms with Crippen LogP contribution in [0.2, 0.25) is 5.02 Å². The Bertz CT molecular complexity index is 1100. The Hall–Kier alpha value is -2.76. The van der Waals surface area contributed by atoms with E-state index in [4.69, 9.17) is 11.6 Å². The van der Waals surface area contributed by atoms with E-state index in [9.17, 15) is 9.59 Å². The molecule has 3 aromatic carbocycles. The fourth-order valence-electron chi connectivity index (χ4n) is 3.64. The van der Waals surface area contributed by atoms with Crippen LogP contribution in [0.1, 0.15) is 52.2 Å². The van der Waals surface area contributed by atoms with Crippen molar-refractivity contribution in [2.45, 2.75) is 31.7 Å². The first kappa shape index (κ1) is 22.4. The fraction of sp³-hybridized carbons (Fsp3) is 0.231. The lowest BCUT2D eigenvalue weighted by molar-refractivity contribution is -0.128. The monoisotopic (exact) mass is 464 g/mol. The molecule has 0 radical (unpaired) electrons. The molecule has 32 heavy (non-hydrogen) atoms. The van der Waals surface area contributed by atoms with Crippen LogP contribution >= 0.6 is 23.4 Å². The summed E-state index contributed by atoms with van der Waals surface area (Å²) < 4.78 is 0. The van der Waals surface area contributed by atoms with Gasteiger partial charge in [-0.2, -0.15) is 0 Å². The molecule has 2 amide bonds. The highest BCUT2D eigenvalue weighted by atomic mass is 35.5. The van der Waals surface area contributed by atoms with Crippen LogP contribution in [-0.2, 0) is 11.3 Å². The Morgan fingerprint density at radius 1 is 1.03 bits per heavy atom. The van der Waals surface area contributed by atoms with Gasteiger partial charge in [-0.25, -0.2) is 0 Å². The van der Waals surface area contributed by atoms with Crippen molar-refractivity contribution in [1.29, 1.82) is 0 Å². The van der Waals surface area contributed by atoms with Gasteiger partial charge in [0.25, 0.3) is 5.91 Å². The summed E-state index contributed by atoms with van der Waals surface area (Å²) in [6, 6.07) is 23.0. The Balaban J connectivity index is 1.44. The predicted octanol–water partition coefficient (Wildman–Crippen LogP) is 6.49. The van der Waals surface area contributed by atoms with Crippen LogP contribution in [0.5, 0.6) is 0 Å². The maximum Gasteiger partial charge on any atom is 0.255 e. The first-order valence-electron chi connectivity index (χ1n) is 10.6. The molecule has 0 bridgehead atoms. The second-order valence-electron chi connectivity index (χ2n) is 8.16. The van der Waals surface area contributed by atoms with Crippen molar-refractivity contribution in [1.82, 2.24) is 4.90 Å². The van der Waals surface area contributed by atoms with Crippen molar-refractivity contribution in [3.05, 3.63) is 100 Å². The van der Waals surface area contributed by atoms with Crippen LogP contribution in [0.25, 0.3) is 0 Å². The number of benzene rings is 3. The van der Waals surface area contributed by atoms with E-state index in [1.54, 1.807) is 11.8 Å². The lowest BCUT2D eigenvalue weighted by Gasteiger charge is -2.24. The number of thioether (sulfide) groups is 1. The molecular weight excluding hydrogens is 440 g/mol. The molecule has 1 aliphatic heterocycles. The highest BCUT2D eigenvalue weighted by molar-refractivity contribution is 8.00. The molecule has 1 heterocycles. The minimum Gasteiger partial charge on any atom is -0.322 e. The van der Waals surface area contributed by atoms with Crippen molar-refractivity contribution < 1.29 is 9.59 Å². The third-order valence-electron chi connectivity index (χ3n) is 5.53. The van der Waals surface area contributed by atoms with Crippen LogP contribution in [-0.4, -0.2) is 22.5 Å². The number of amides is 2. The average molecular weight is 465 g/mol. The summed E-state index contributed by atoms with van der Waals surface area (Å²) in [6.45, 7) is 4.81. The molecule has 3 aromatic rings. The van der Waals surface area contributed by atoms with Gasteiger partial charge >= 0.3 is 0 Å². The standard InChI is InChI=1S/C26H25ClN2O2S/c1-17(2)19-9-13-23(14-10-19)28-25(31)20-5-7-21(8-6-20)26-29(24(30)16-32-26)15-18-3-11-22(27)12-4-18/h3-14,17,26H,15-16H2,1-2H3,(H,28,31)/t26-/m0/s1. The second-order valence-corrected chi connectivity index (χ2v) is 9.67. The van der Waals surface area contributed by atoms with Crippen molar-refractivity contribution in [2.24, 2.45) is 0 Å². The first-order valence-corrected chi connectivity index (χ1v) is 12.0. The molecule has 1 aliphatic rings. The van der Waals surface area contributed by atoms with Crippen LogP contribution in [0.4, 0.5) is 5.69 Å². The maximum atomic E-state index is 12.7. The van der Waals surface area contributed by atoms with Gasteiger partial charge in [-0.15, -0.1) is 11.8 Å². The summed E-state index contributed by atoms with van der Waals surface area (Å²) in [4.78, 5) is 27.0. The summed E-state index contributed by atoms with van der Waals surface area (Å²) in [6.07, 6.45) is 0. The summed E-state index contributed by atoms with van der Waals surface area (Å²) in [5.74, 6) is 0.864. The Kier molecular flexibility index (Phi) is 6.87. The van der Waals surface area contributed by atoms with E-state index >= 15 is 0 Å². The minimum atomic E-state index is -0.151. The largest absolute Gasteiger partial charge is 0.322 e. The van der Waals surface area contributed by atoms with Crippen LogP contribution in [0.15, 0.2) is 72.8 Å². The Labute approximate surface area is 198 Å². The number of anilines is 1. The van der Waals surface area contributed by atoms with Gasteiger partial charge in [-0.05, 0) is 59.0 Å². The number of carbonyl (C=O) groups is 2. The van der Waals surface area contributed by atoms with E-state index in [1.807, 2.05) is 77.7 Å². The molecule has 164 valence electrons. The third kappa shape index (κ3) is 5.17. The quantitative estimate of drug-likeness (QED) is 0.453. The molecule has 0 spiro atoms. The van der Waals surface area contributed by atoms with Crippen molar-refractivity contribution >= 4 is 40.9 Å². The summed E-state index contributed by atoms with van der Waals surface area (Å²) in [5, 5.41) is 3.55. The first-order chi connectivity index (χ1) is 15.4. The fourth-order valence-corrected chi connectivity index (χ4v) is 4.96. The van der Waals surface area contributed by atoms with Gasteiger partial charge in [0, 0.05) is 22.8 Å². The zero-order chi connectivity index (χ0) is 22.7. The smallest absolute Gasteiger partial charge is 0.255 e. The second kappa shape index (κ2) is 9.80. The molecule has 0 aromatic heterocycles. The minimum absolute atomic E-state index is 0.0705. The van der Waals surface area contributed by atoms with Gasteiger partial charge in [0.2, 0.25) is 5.91 Å². The molecule has 1 atom stereocenters. The Morgan fingerprint density at radius 2 is 1.69 bits per heavy atom. The maximum absolute atomic E-state index is 12.7. The summed E-state index contributed by atoms with van der Waals surface area (Å²) in [7, 11) is 0. The molecule has 1 saturated heterocycles. The lowest BCUT2D eigenvalue weighted by atomic mass is 10.0. The number of hydrogen-bond acceptors (Lipinski definition) is 3. The Morgan fingerprint density at radius 3 is 2.31 bits per heavy atom. The molecule has 4 rings (SSSR count). The predicted molar refractivity (Wildman–Crippen MR) is 132 cm³/mol. The SMILES string of the molecule is CC(C)c1ccc(NC(=O)c2ccc([C@@H]3SCC(=O)N3Cc3ccc(Cl)cc3)cc2)cc1. The molecule has 0 aliphatic carbocycles. The third-order valence-corrected chi connectivity index (χ3v) is 7.04. The molecule has 4 nitrogen and oxygen atoms in total. The number of nitrogens with one attached hydrogen (secondary N) is 1. The van der Waals surface area contributed by atoms with Gasteiger partial charge in [-0.1, -0.05) is 61.8 Å². The van der Waals surface area contributed by atoms with E-state index in [2.05, 4.69) is 19.2 Å². The van der Waals surface area contributed by atoms with E-state index in [-0.39, 0.29) is 17.2 Å². The van der Waals surface area contributed by atoms with Crippen molar-refractivity contribution in [3.8, 4) is 0 Å². The van der Waals surface area contributed by atoms with E-state index in [1.165, 1.54) is 5.56 Å². The van der Waals surface area contributed by atoms with Crippen LogP contribution in [0.3, 0.4) is 0 Å². The van der Waals surface area contributed by atoms with Crippen LogP contribution < -0.4 is 5.32 Å². The number of hydrogen-bond donors (Lipinski definition) is 1. The van der Waals surface area contributed by atoms with E-state index < -0.39 is 0 Å².